The van der Waals surface area contributed by atoms with Gasteiger partial charge in [0.1, 0.15) is 17.4 Å². The van der Waals surface area contributed by atoms with Gasteiger partial charge in [0.05, 0.1) is 5.72 Å². The molecule has 3 rings (SSSR count). The fourth-order valence-electron chi connectivity index (χ4n) is 1.41. The highest BCUT2D eigenvalue weighted by Gasteiger charge is 2.41. The number of nitrogens with zero attached hydrogens (tertiary/aromatic N) is 3. The second-order valence-corrected chi connectivity index (χ2v) is 4.05. The number of rotatable bonds is 2. The molecule has 6 heteroatoms. The predicted molar refractivity (Wildman–Crippen MR) is 55.3 cm³/mol. The van der Waals surface area contributed by atoms with Crippen molar-refractivity contribution in [2.75, 3.05) is 0 Å². The van der Waals surface area contributed by atoms with Crippen molar-refractivity contribution in [3.63, 3.8) is 0 Å². The van der Waals surface area contributed by atoms with Crippen molar-refractivity contribution in [1.82, 2.24) is 19.9 Å². The fourth-order valence-corrected chi connectivity index (χ4v) is 1.41. The monoisotopic (exact) mass is 200 g/mol. The van der Waals surface area contributed by atoms with Crippen LogP contribution in [0.25, 0.3) is 11.2 Å². The molecule has 74 valence electrons. The van der Waals surface area contributed by atoms with Crippen molar-refractivity contribution in [1.29, 1.82) is 0 Å². The molecule has 0 bridgehead atoms. The van der Waals surface area contributed by atoms with Crippen LogP contribution < -0.4 is 10.5 Å². The van der Waals surface area contributed by atoms with Crippen LogP contribution in [0.2, 0.25) is 0 Å². The lowest BCUT2D eigenvalue weighted by molar-refractivity contribution is 0.194. The number of aromatic amines is 1. The van der Waals surface area contributed by atoms with Crippen LogP contribution in [0, 0.1) is 0 Å². The maximum atomic E-state index is 5.76. The number of aromatic nitrogens is 4. The predicted octanol–water partition coefficient (Wildman–Crippen LogP) is 0.0780. The molecule has 0 spiro atoms. The quantitative estimate of drug-likeness (QED) is 0.697. The smallest absolute Gasteiger partial charge is 0.243 e. The summed E-state index contributed by atoms with van der Waals surface area (Å²) in [4.78, 5) is 15.0. The Morgan fingerprint density at radius 3 is 3.00 bits per heavy atom. The van der Waals surface area contributed by atoms with E-state index in [4.69, 9.17) is 12.6 Å². The molecule has 1 aliphatic rings. The van der Waals surface area contributed by atoms with Crippen LogP contribution in [0.15, 0.2) is 6.33 Å². The average molecular weight is 200 g/mol. The second-order valence-electron chi connectivity index (χ2n) is 4.05. The third-order valence-electron chi connectivity index (χ3n) is 2.57. The summed E-state index contributed by atoms with van der Waals surface area (Å²) in [7, 11) is 5.55. The Morgan fingerprint density at radius 2 is 2.27 bits per heavy atom. The molecule has 1 aliphatic carbocycles. The molecule has 1 fully saturated rings. The van der Waals surface area contributed by atoms with Crippen LogP contribution >= 0.6 is 0 Å². The standard InChI is InChI=1S/C9H9BN4O/c1-9(2-3-9)15-7-5-6(11-4-12-7)14-8(10)13-5/h4H,2-3H2,1H3,(H,11,12,13,14). The minimum absolute atomic E-state index is 0.0683. The summed E-state index contributed by atoms with van der Waals surface area (Å²) in [5, 5.41) is 0. The normalized spacial score (nSPS) is 17.9. The van der Waals surface area contributed by atoms with E-state index >= 15 is 0 Å². The van der Waals surface area contributed by atoms with Crippen LogP contribution in [0.4, 0.5) is 0 Å². The summed E-state index contributed by atoms with van der Waals surface area (Å²) in [6, 6.07) is 0. The van der Waals surface area contributed by atoms with Gasteiger partial charge in [0.2, 0.25) is 5.88 Å². The molecular weight excluding hydrogens is 191 g/mol. The molecule has 2 radical (unpaired) electrons. The summed E-state index contributed by atoms with van der Waals surface area (Å²) >= 11 is 0. The molecule has 2 aromatic heterocycles. The van der Waals surface area contributed by atoms with E-state index in [0.29, 0.717) is 22.8 Å². The molecule has 0 amide bonds. The van der Waals surface area contributed by atoms with Gasteiger partial charge in [0.15, 0.2) is 13.5 Å². The molecule has 0 aliphatic heterocycles. The van der Waals surface area contributed by atoms with Crippen LogP contribution in [0.3, 0.4) is 0 Å². The van der Waals surface area contributed by atoms with E-state index in [1.807, 2.05) is 0 Å². The Morgan fingerprint density at radius 1 is 1.47 bits per heavy atom. The first-order valence-electron chi connectivity index (χ1n) is 4.81. The molecule has 2 aromatic rings. The maximum absolute atomic E-state index is 5.76. The van der Waals surface area contributed by atoms with E-state index < -0.39 is 0 Å². The Kier molecular flexibility index (Phi) is 1.57. The molecule has 1 N–H and O–H groups in total. The molecule has 0 aromatic carbocycles. The molecule has 1 saturated carbocycles. The van der Waals surface area contributed by atoms with Crippen molar-refractivity contribution >= 4 is 24.7 Å². The largest absolute Gasteiger partial charge is 0.470 e. The van der Waals surface area contributed by atoms with E-state index in [-0.39, 0.29) is 5.60 Å². The Hall–Kier alpha value is -1.59. The maximum Gasteiger partial charge on any atom is 0.243 e. The first-order chi connectivity index (χ1) is 7.16. The zero-order valence-electron chi connectivity index (χ0n) is 8.32. The number of hydrogen-bond acceptors (Lipinski definition) is 4. The molecule has 0 atom stereocenters. The van der Waals surface area contributed by atoms with Gasteiger partial charge in [-0.2, -0.15) is 4.98 Å². The zero-order chi connectivity index (χ0) is 10.5. The number of fused-ring (bicyclic) bond motifs is 1. The Balaban J connectivity index is 2.08. The van der Waals surface area contributed by atoms with Crippen molar-refractivity contribution in [3.8, 4) is 5.88 Å². The Labute approximate surface area is 87.7 Å². The van der Waals surface area contributed by atoms with Gasteiger partial charge in [-0.05, 0) is 19.8 Å². The molecule has 15 heavy (non-hydrogen) atoms. The first-order valence-corrected chi connectivity index (χ1v) is 4.81. The molecular formula is C9H9BN4O. The Bertz CT molecular complexity index is 520. The van der Waals surface area contributed by atoms with E-state index in [1.54, 1.807) is 0 Å². The van der Waals surface area contributed by atoms with Crippen molar-refractivity contribution in [2.45, 2.75) is 25.4 Å². The minimum Gasteiger partial charge on any atom is -0.470 e. The van der Waals surface area contributed by atoms with E-state index in [2.05, 4.69) is 26.9 Å². The van der Waals surface area contributed by atoms with Gasteiger partial charge >= 0.3 is 0 Å². The number of imidazole rings is 1. The molecule has 0 unspecified atom stereocenters. The van der Waals surface area contributed by atoms with Crippen LogP contribution in [-0.4, -0.2) is 33.4 Å². The zero-order valence-corrected chi connectivity index (χ0v) is 8.32. The first kappa shape index (κ1) is 8.70. The third-order valence-corrected chi connectivity index (χ3v) is 2.57. The lowest BCUT2D eigenvalue weighted by Gasteiger charge is -2.11. The van der Waals surface area contributed by atoms with E-state index in [9.17, 15) is 0 Å². The number of H-pyrrole nitrogens is 1. The van der Waals surface area contributed by atoms with Gasteiger partial charge in [-0.25, -0.2) is 9.97 Å². The van der Waals surface area contributed by atoms with Crippen molar-refractivity contribution in [3.05, 3.63) is 6.33 Å². The van der Waals surface area contributed by atoms with Crippen LogP contribution in [0.1, 0.15) is 19.8 Å². The lowest BCUT2D eigenvalue weighted by atomic mass is 10.1. The highest BCUT2D eigenvalue weighted by Crippen LogP contribution is 2.39. The van der Waals surface area contributed by atoms with Crippen LogP contribution in [-0.2, 0) is 0 Å². The lowest BCUT2D eigenvalue weighted by Crippen LogP contribution is -2.13. The number of hydrogen-bond donors (Lipinski definition) is 1. The summed E-state index contributed by atoms with van der Waals surface area (Å²) < 4.78 is 5.76. The van der Waals surface area contributed by atoms with Gasteiger partial charge in [0, 0.05) is 0 Å². The van der Waals surface area contributed by atoms with E-state index in [1.165, 1.54) is 6.33 Å². The summed E-state index contributed by atoms with van der Waals surface area (Å²) in [5.41, 5.74) is 1.47. The van der Waals surface area contributed by atoms with Gasteiger partial charge in [-0.1, -0.05) is 0 Å². The van der Waals surface area contributed by atoms with Gasteiger partial charge < -0.3 is 9.72 Å². The third kappa shape index (κ3) is 1.46. The highest BCUT2D eigenvalue weighted by atomic mass is 16.5. The van der Waals surface area contributed by atoms with Gasteiger partial charge in [-0.15, -0.1) is 0 Å². The van der Waals surface area contributed by atoms with Gasteiger partial charge in [-0.3, -0.25) is 0 Å². The van der Waals surface area contributed by atoms with Crippen LogP contribution in [0.5, 0.6) is 5.88 Å². The minimum atomic E-state index is -0.0683. The van der Waals surface area contributed by atoms with Crippen molar-refractivity contribution < 1.29 is 4.74 Å². The molecule has 5 nitrogen and oxygen atoms in total. The fraction of sp³-hybridized carbons (Fsp3) is 0.444. The SMILES string of the molecule is [B]c1nc2ncnc(OC3(C)CC3)c2[nH]1. The molecule has 0 saturated heterocycles. The highest BCUT2D eigenvalue weighted by molar-refractivity contribution is 6.30. The van der Waals surface area contributed by atoms with Crippen molar-refractivity contribution in [2.24, 2.45) is 0 Å². The summed E-state index contributed by atoms with van der Waals surface area (Å²) in [6.07, 6.45) is 3.55. The summed E-state index contributed by atoms with van der Waals surface area (Å²) in [5.74, 6) is 0.532. The van der Waals surface area contributed by atoms with Gasteiger partial charge in [0.25, 0.3) is 0 Å². The topological polar surface area (TPSA) is 63.7 Å². The average Bonchev–Trinajstić information content (AvgIpc) is 2.76. The molecule has 2 heterocycles. The number of ether oxygens (including phenoxy) is 1. The van der Waals surface area contributed by atoms with E-state index in [0.717, 1.165) is 12.8 Å². The number of nitrogens with one attached hydrogen (secondary N) is 1. The summed E-state index contributed by atoms with van der Waals surface area (Å²) in [6.45, 7) is 2.06. The second kappa shape index (κ2) is 2.71.